The van der Waals surface area contributed by atoms with Crippen molar-refractivity contribution in [3.05, 3.63) is 71.0 Å². The molecule has 0 aliphatic rings. The number of fused-ring (bicyclic) bond motifs is 1. The maximum atomic E-state index is 13.4. The minimum absolute atomic E-state index is 0.112. The predicted octanol–water partition coefficient (Wildman–Crippen LogP) is 4.23. The summed E-state index contributed by atoms with van der Waals surface area (Å²) in [6.07, 6.45) is 3.81. The fraction of sp³-hybridized carbons (Fsp3) is 0.105. The van der Waals surface area contributed by atoms with Crippen LogP contribution in [0.15, 0.2) is 48.1 Å². The molecule has 0 saturated heterocycles. The Morgan fingerprint density at radius 1 is 1.22 bits per heavy atom. The quantitative estimate of drug-likeness (QED) is 0.573. The molecule has 0 saturated carbocycles. The number of hydrogen-bond acceptors (Lipinski definition) is 4. The van der Waals surface area contributed by atoms with E-state index < -0.39 is 11.6 Å². The number of carbonyl (C=O) groups is 1. The summed E-state index contributed by atoms with van der Waals surface area (Å²) in [5.74, 6) is -2.10. The van der Waals surface area contributed by atoms with E-state index in [9.17, 15) is 13.6 Å². The van der Waals surface area contributed by atoms with Crippen molar-refractivity contribution in [3.63, 3.8) is 0 Å². The number of imidazole rings is 1. The van der Waals surface area contributed by atoms with E-state index in [-0.39, 0.29) is 12.3 Å². The Labute approximate surface area is 157 Å². The third-order valence-corrected chi connectivity index (χ3v) is 4.79. The van der Waals surface area contributed by atoms with Gasteiger partial charge in [0.1, 0.15) is 5.65 Å². The highest BCUT2D eigenvalue weighted by molar-refractivity contribution is 7.14. The first-order valence-electron chi connectivity index (χ1n) is 8.13. The summed E-state index contributed by atoms with van der Waals surface area (Å²) in [6, 6.07) is 7.45. The van der Waals surface area contributed by atoms with E-state index in [2.05, 4.69) is 15.3 Å². The van der Waals surface area contributed by atoms with Crippen molar-refractivity contribution in [1.29, 1.82) is 0 Å². The van der Waals surface area contributed by atoms with Crippen LogP contribution in [0.2, 0.25) is 0 Å². The molecule has 1 N–H and O–H groups in total. The highest BCUT2D eigenvalue weighted by atomic mass is 32.1. The van der Waals surface area contributed by atoms with E-state index in [0.717, 1.165) is 23.3 Å². The van der Waals surface area contributed by atoms with E-state index in [4.69, 9.17) is 0 Å². The molecule has 0 bridgehead atoms. The number of carbonyl (C=O) groups excluding carboxylic acids is 1. The number of thiazole rings is 1. The molecule has 4 rings (SSSR count). The lowest BCUT2D eigenvalue weighted by Gasteiger charge is -2.00. The minimum atomic E-state index is -0.937. The van der Waals surface area contributed by atoms with Crippen LogP contribution in [0.25, 0.3) is 16.9 Å². The number of amides is 1. The maximum Gasteiger partial charge on any atom is 0.232 e. The monoisotopic (exact) mass is 384 g/mol. The number of anilines is 1. The van der Waals surface area contributed by atoms with Gasteiger partial charge >= 0.3 is 0 Å². The van der Waals surface area contributed by atoms with E-state index in [1.54, 1.807) is 5.38 Å². The average Bonchev–Trinajstić information content (AvgIpc) is 3.25. The second-order valence-corrected chi connectivity index (χ2v) is 6.90. The van der Waals surface area contributed by atoms with Crippen LogP contribution in [0.5, 0.6) is 0 Å². The van der Waals surface area contributed by atoms with Crippen LogP contribution in [-0.2, 0) is 11.2 Å². The van der Waals surface area contributed by atoms with Crippen LogP contribution >= 0.6 is 11.3 Å². The van der Waals surface area contributed by atoms with Gasteiger partial charge in [0.2, 0.25) is 5.91 Å². The zero-order valence-electron chi connectivity index (χ0n) is 14.2. The Balaban J connectivity index is 1.47. The molecule has 136 valence electrons. The van der Waals surface area contributed by atoms with Crippen LogP contribution in [0, 0.1) is 18.6 Å². The summed E-state index contributed by atoms with van der Waals surface area (Å²) >= 11 is 1.22. The van der Waals surface area contributed by atoms with E-state index in [0.29, 0.717) is 22.1 Å². The van der Waals surface area contributed by atoms with Gasteiger partial charge in [0.25, 0.3) is 0 Å². The summed E-state index contributed by atoms with van der Waals surface area (Å²) in [6.45, 7) is 1.96. The van der Waals surface area contributed by atoms with Gasteiger partial charge in [-0.1, -0.05) is 6.07 Å². The Hall–Kier alpha value is -3.13. The molecule has 8 heteroatoms. The molecule has 3 heterocycles. The first-order chi connectivity index (χ1) is 13.0. The van der Waals surface area contributed by atoms with Gasteiger partial charge in [-0.05, 0) is 36.8 Å². The second-order valence-electron chi connectivity index (χ2n) is 6.05. The molecule has 1 amide bonds. The average molecular weight is 384 g/mol. The summed E-state index contributed by atoms with van der Waals surface area (Å²) < 4.78 is 28.3. The SMILES string of the molecule is Cc1cccn2cc(CC(=O)Nc3nc(-c4ccc(F)c(F)c4)cs3)nc12. The molecule has 27 heavy (non-hydrogen) atoms. The molecule has 3 aromatic heterocycles. The number of pyridine rings is 1. The Morgan fingerprint density at radius 3 is 2.85 bits per heavy atom. The Kier molecular flexibility index (Phi) is 4.41. The zero-order chi connectivity index (χ0) is 19.0. The molecule has 0 aliphatic carbocycles. The molecule has 1 aromatic carbocycles. The molecule has 0 aliphatic heterocycles. The largest absolute Gasteiger partial charge is 0.307 e. The number of hydrogen-bond donors (Lipinski definition) is 1. The molecule has 0 unspecified atom stereocenters. The molecular weight excluding hydrogens is 370 g/mol. The van der Waals surface area contributed by atoms with Gasteiger partial charge in [-0.2, -0.15) is 0 Å². The van der Waals surface area contributed by atoms with Crippen LogP contribution in [0.4, 0.5) is 13.9 Å². The first-order valence-corrected chi connectivity index (χ1v) is 9.01. The lowest BCUT2D eigenvalue weighted by Crippen LogP contribution is -2.14. The van der Waals surface area contributed by atoms with Crippen LogP contribution < -0.4 is 5.32 Å². The third-order valence-electron chi connectivity index (χ3n) is 4.04. The van der Waals surface area contributed by atoms with Gasteiger partial charge in [0.15, 0.2) is 16.8 Å². The number of benzene rings is 1. The smallest absolute Gasteiger partial charge is 0.232 e. The molecule has 0 atom stereocenters. The van der Waals surface area contributed by atoms with Crippen molar-refractivity contribution in [2.24, 2.45) is 0 Å². The molecular formula is C19H14F2N4OS. The molecule has 0 fully saturated rings. The van der Waals surface area contributed by atoms with Crippen molar-refractivity contribution in [2.75, 3.05) is 5.32 Å². The standard InChI is InChI=1S/C19H14F2N4OS/c1-11-3-2-6-25-9-13(22-18(11)25)8-17(26)24-19-23-16(10-27-19)12-4-5-14(20)15(21)7-12/h2-7,9-10H,8H2,1H3,(H,23,24,26). The highest BCUT2D eigenvalue weighted by Crippen LogP contribution is 2.26. The normalized spacial score (nSPS) is 11.1. The Bertz CT molecular complexity index is 1150. The fourth-order valence-corrected chi connectivity index (χ4v) is 3.47. The summed E-state index contributed by atoms with van der Waals surface area (Å²) in [5.41, 5.74) is 3.41. The van der Waals surface area contributed by atoms with Gasteiger partial charge in [0, 0.05) is 23.3 Å². The maximum absolute atomic E-state index is 13.4. The zero-order valence-corrected chi connectivity index (χ0v) is 15.1. The van der Waals surface area contributed by atoms with Gasteiger partial charge in [-0.3, -0.25) is 4.79 Å². The van der Waals surface area contributed by atoms with E-state index in [1.165, 1.54) is 17.4 Å². The van der Waals surface area contributed by atoms with Gasteiger partial charge < -0.3 is 9.72 Å². The van der Waals surface area contributed by atoms with Gasteiger partial charge in [0.05, 0.1) is 17.8 Å². The molecule has 5 nitrogen and oxygen atoms in total. The third kappa shape index (κ3) is 3.56. The summed E-state index contributed by atoms with van der Waals surface area (Å²) in [4.78, 5) is 21.0. The number of rotatable bonds is 4. The van der Waals surface area contributed by atoms with E-state index in [1.807, 2.05) is 35.9 Å². The van der Waals surface area contributed by atoms with Crippen LogP contribution in [-0.4, -0.2) is 20.3 Å². The van der Waals surface area contributed by atoms with E-state index >= 15 is 0 Å². The van der Waals surface area contributed by atoms with Crippen molar-refractivity contribution >= 4 is 28.0 Å². The lowest BCUT2D eigenvalue weighted by atomic mass is 10.2. The number of aryl methyl sites for hydroxylation is 1. The first kappa shape index (κ1) is 17.3. The van der Waals surface area contributed by atoms with Crippen molar-refractivity contribution < 1.29 is 13.6 Å². The lowest BCUT2D eigenvalue weighted by molar-refractivity contribution is -0.115. The highest BCUT2D eigenvalue weighted by Gasteiger charge is 2.12. The van der Waals surface area contributed by atoms with Gasteiger partial charge in [-0.25, -0.2) is 18.7 Å². The van der Waals surface area contributed by atoms with Crippen molar-refractivity contribution in [2.45, 2.75) is 13.3 Å². The number of aromatic nitrogens is 3. The second kappa shape index (κ2) is 6.88. The number of nitrogens with zero attached hydrogens (tertiary/aromatic N) is 3. The number of nitrogens with one attached hydrogen (secondary N) is 1. The van der Waals surface area contributed by atoms with Crippen molar-refractivity contribution in [1.82, 2.24) is 14.4 Å². The topological polar surface area (TPSA) is 59.3 Å². The molecule has 4 aromatic rings. The van der Waals surface area contributed by atoms with Crippen molar-refractivity contribution in [3.8, 4) is 11.3 Å². The van der Waals surface area contributed by atoms with Crippen LogP contribution in [0.1, 0.15) is 11.3 Å². The minimum Gasteiger partial charge on any atom is -0.307 e. The summed E-state index contributed by atoms with van der Waals surface area (Å²) in [7, 11) is 0. The van der Waals surface area contributed by atoms with Crippen LogP contribution in [0.3, 0.4) is 0 Å². The van der Waals surface area contributed by atoms with Gasteiger partial charge in [-0.15, -0.1) is 11.3 Å². The summed E-state index contributed by atoms with van der Waals surface area (Å²) in [5, 5.41) is 4.78. The molecule has 0 spiro atoms. The molecule has 0 radical (unpaired) electrons. The fourth-order valence-electron chi connectivity index (χ4n) is 2.74. The number of halogens is 2. The Morgan fingerprint density at radius 2 is 2.07 bits per heavy atom. The predicted molar refractivity (Wildman–Crippen MR) is 99.7 cm³/mol.